The molecule has 20 heavy (non-hydrogen) atoms. The lowest BCUT2D eigenvalue weighted by molar-refractivity contribution is 0.0698. The Labute approximate surface area is 117 Å². The van der Waals surface area contributed by atoms with Crippen molar-refractivity contribution >= 4 is 35.4 Å². The molecule has 1 heterocycles. The molecule has 8 nitrogen and oxygen atoms in total. The van der Waals surface area contributed by atoms with Crippen molar-refractivity contribution in [2.24, 2.45) is 10.2 Å². The number of rotatable bonds is 3. The number of nitrogens with two attached hydrogens (primary N) is 1. The molecule has 5 N–H and O–H groups in total. The number of aromatic amines is 2. The van der Waals surface area contributed by atoms with Crippen LogP contribution in [0.25, 0.3) is 0 Å². The van der Waals surface area contributed by atoms with Crippen molar-refractivity contribution in [2.45, 2.75) is 0 Å². The van der Waals surface area contributed by atoms with Gasteiger partial charge in [-0.3, -0.25) is 9.78 Å². The van der Waals surface area contributed by atoms with Gasteiger partial charge in [0.2, 0.25) is 0 Å². The molecular formula is C11H9N5O3S. The molecule has 0 atom stereocenters. The second-order valence-corrected chi connectivity index (χ2v) is 4.10. The van der Waals surface area contributed by atoms with E-state index in [9.17, 15) is 9.59 Å². The molecule has 102 valence electrons. The van der Waals surface area contributed by atoms with Gasteiger partial charge in [-0.05, 0) is 24.4 Å². The van der Waals surface area contributed by atoms with Crippen LogP contribution in [-0.4, -0.2) is 21.0 Å². The van der Waals surface area contributed by atoms with Gasteiger partial charge in [-0.2, -0.15) is 0 Å². The van der Waals surface area contributed by atoms with Crippen LogP contribution in [0.5, 0.6) is 0 Å². The summed E-state index contributed by atoms with van der Waals surface area (Å²) in [5, 5.41) is 16.4. The lowest BCUT2D eigenvalue weighted by Gasteiger charge is -2.00. The summed E-state index contributed by atoms with van der Waals surface area (Å²) in [6.07, 6.45) is 0. The average molecular weight is 291 g/mol. The number of hydrogen-bond donors (Lipinski definition) is 4. The van der Waals surface area contributed by atoms with Gasteiger partial charge in [0.1, 0.15) is 11.5 Å². The Morgan fingerprint density at radius 1 is 1.25 bits per heavy atom. The fourth-order valence-corrected chi connectivity index (χ4v) is 1.64. The van der Waals surface area contributed by atoms with E-state index in [2.05, 4.69) is 20.2 Å². The number of azo groups is 1. The van der Waals surface area contributed by atoms with Crippen LogP contribution in [0.1, 0.15) is 10.4 Å². The van der Waals surface area contributed by atoms with E-state index in [0.29, 0.717) is 0 Å². The first kappa shape index (κ1) is 13.6. The van der Waals surface area contributed by atoms with Crippen LogP contribution in [0, 0.1) is 4.77 Å². The van der Waals surface area contributed by atoms with E-state index < -0.39 is 11.5 Å². The summed E-state index contributed by atoms with van der Waals surface area (Å²) in [6.45, 7) is 0. The molecule has 9 heteroatoms. The minimum Gasteiger partial charge on any atom is -0.478 e. The number of hydrogen-bond acceptors (Lipinski definition) is 6. The fourth-order valence-electron chi connectivity index (χ4n) is 1.44. The highest BCUT2D eigenvalue weighted by atomic mass is 32.1. The van der Waals surface area contributed by atoms with Crippen LogP contribution in [0.3, 0.4) is 0 Å². The zero-order valence-corrected chi connectivity index (χ0v) is 10.8. The van der Waals surface area contributed by atoms with E-state index in [-0.39, 0.29) is 27.5 Å². The Hall–Kier alpha value is -2.81. The molecule has 1 aromatic carbocycles. The molecule has 0 aliphatic heterocycles. The molecule has 0 saturated carbocycles. The minimum atomic E-state index is -1.14. The minimum absolute atomic E-state index is 0.0323. The number of carboxylic acids is 1. The normalized spacial score (nSPS) is 10.8. The Bertz CT molecular complexity index is 808. The molecule has 0 amide bonds. The largest absolute Gasteiger partial charge is 0.478 e. The third kappa shape index (κ3) is 2.78. The second kappa shape index (κ2) is 5.45. The summed E-state index contributed by atoms with van der Waals surface area (Å²) in [7, 11) is 0. The summed E-state index contributed by atoms with van der Waals surface area (Å²) in [5.41, 5.74) is 4.88. The Kier molecular flexibility index (Phi) is 3.71. The third-order valence-electron chi connectivity index (χ3n) is 2.34. The van der Waals surface area contributed by atoms with E-state index in [4.69, 9.17) is 23.1 Å². The maximum absolute atomic E-state index is 11.6. The van der Waals surface area contributed by atoms with Crippen molar-refractivity contribution in [1.29, 1.82) is 0 Å². The third-order valence-corrected chi connectivity index (χ3v) is 2.54. The molecule has 0 aliphatic carbocycles. The molecule has 0 bridgehead atoms. The van der Waals surface area contributed by atoms with Crippen molar-refractivity contribution in [3.63, 3.8) is 0 Å². The number of aromatic carboxylic acids is 1. The number of benzene rings is 1. The second-order valence-electron chi connectivity index (χ2n) is 3.69. The highest BCUT2D eigenvalue weighted by Gasteiger charge is 2.09. The molecule has 0 fully saturated rings. The number of carboxylic acid groups (broad SMARTS) is 1. The monoisotopic (exact) mass is 291 g/mol. The van der Waals surface area contributed by atoms with Crippen molar-refractivity contribution in [2.75, 3.05) is 5.73 Å². The predicted molar refractivity (Wildman–Crippen MR) is 74.2 cm³/mol. The van der Waals surface area contributed by atoms with Crippen LogP contribution in [0.15, 0.2) is 39.3 Å². The molecule has 0 unspecified atom stereocenters. The molecule has 2 aromatic rings. The van der Waals surface area contributed by atoms with Crippen LogP contribution >= 0.6 is 12.2 Å². The molecule has 0 aliphatic rings. The van der Waals surface area contributed by atoms with Crippen LogP contribution < -0.4 is 11.3 Å². The highest BCUT2D eigenvalue weighted by Crippen LogP contribution is 2.22. The number of anilines is 1. The number of nitrogens with one attached hydrogen (secondary N) is 2. The molecular weight excluding hydrogens is 282 g/mol. The van der Waals surface area contributed by atoms with E-state index >= 15 is 0 Å². The van der Waals surface area contributed by atoms with E-state index in [0.717, 1.165) is 0 Å². The van der Waals surface area contributed by atoms with Crippen molar-refractivity contribution < 1.29 is 9.90 Å². The smallest absolute Gasteiger partial charge is 0.337 e. The average Bonchev–Trinajstić information content (AvgIpc) is 2.37. The lowest BCUT2D eigenvalue weighted by Crippen LogP contribution is -2.09. The first-order chi connectivity index (χ1) is 9.49. The van der Waals surface area contributed by atoms with Gasteiger partial charge in [-0.25, -0.2) is 4.79 Å². The van der Waals surface area contributed by atoms with Gasteiger partial charge in [-0.1, -0.05) is 12.1 Å². The first-order valence-corrected chi connectivity index (χ1v) is 5.76. The van der Waals surface area contributed by atoms with Crippen molar-refractivity contribution in [3.05, 3.63) is 45.0 Å². The maximum Gasteiger partial charge on any atom is 0.337 e. The van der Waals surface area contributed by atoms with Gasteiger partial charge in [0.05, 0.1) is 5.56 Å². The molecule has 2 rings (SSSR count). The SMILES string of the molecule is Nc1[nH]c(=S)[nH]c(=O)c1N=Nc1ccccc1C(=O)O. The maximum atomic E-state index is 11.6. The van der Waals surface area contributed by atoms with Gasteiger partial charge in [0, 0.05) is 0 Å². The zero-order valence-electron chi connectivity index (χ0n) is 9.95. The summed E-state index contributed by atoms with van der Waals surface area (Å²) in [6, 6.07) is 6.00. The summed E-state index contributed by atoms with van der Waals surface area (Å²) in [5.74, 6) is -1.19. The zero-order chi connectivity index (χ0) is 14.7. The number of nitrogens with zero attached hydrogens (tertiary/aromatic N) is 2. The topological polar surface area (TPSA) is 137 Å². The standard InChI is InChI=1S/C11H9N5O3S/c12-8-7(9(17)14-11(20)13-8)16-15-6-4-2-1-3-5(6)10(18)19/h1-4H,(H,18,19)(H4,12,13,14,17,20). The molecule has 0 saturated heterocycles. The highest BCUT2D eigenvalue weighted by molar-refractivity contribution is 7.71. The van der Waals surface area contributed by atoms with Crippen LogP contribution in [-0.2, 0) is 0 Å². The Morgan fingerprint density at radius 3 is 2.60 bits per heavy atom. The van der Waals surface area contributed by atoms with Gasteiger partial charge in [0.25, 0.3) is 5.56 Å². The number of H-pyrrole nitrogens is 2. The van der Waals surface area contributed by atoms with Crippen LogP contribution in [0.2, 0.25) is 0 Å². The van der Waals surface area contributed by atoms with E-state index in [1.165, 1.54) is 12.1 Å². The van der Waals surface area contributed by atoms with E-state index in [1.54, 1.807) is 12.1 Å². The summed E-state index contributed by atoms with van der Waals surface area (Å²) >= 11 is 4.74. The lowest BCUT2D eigenvalue weighted by atomic mass is 10.2. The van der Waals surface area contributed by atoms with Gasteiger partial charge in [-0.15, -0.1) is 10.2 Å². The number of carbonyl (C=O) groups is 1. The summed E-state index contributed by atoms with van der Waals surface area (Å²) < 4.78 is 0.0670. The Balaban J connectivity index is 2.48. The van der Waals surface area contributed by atoms with Crippen LogP contribution in [0.4, 0.5) is 17.2 Å². The van der Waals surface area contributed by atoms with Gasteiger partial charge < -0.3 is 15.8 Å². The molecule has 1 aromatic heterocycles. The van der Waals surface area contributed by atoms with E-state index in [1.807, 2.05) is 0 Å². The quantitative estimate of drug-likeness (QED) is 0.507. The molecule has 0 radical (unpaired) electrons. The number of aromatic nitrogens is 2. The summed E-state index contributed by atoms with van der Waals surface area (Å²) in [4.78, 5) is 27.4. The molecule has 0 spiro atoms. The van der Waals surface area contributed by atoms with Crippen molar-refractivity contribution in [3.8, 4) is 0 Å². The first-order valence-electron chi connectivity index (χ1n) is 5.35. The van der Waals surface area contributed by atoms with Crippen molar-refractivity contribution in [1.82, 2.24) is 9.97 Å². The Morgan fingerprint density at radius 2 is 1.95 bits per heavy atom. The van der Waals surface area contributed by atoms with Gasteiger partial charge in [0.15, 0.2) is 10.5 Å². The van der Waals surface area contributed by atoms with Gasteiger partial charge >= 0.3 is 5.97 Å². The number of nitrogen functional groups attached to an aromatic ring is 1. The predicted octanol–water partition coefficient (Wildman–Crippen LogP) is 2.13. The fraction of sp³-hybridized carbons (Fsp3) is 0.